The van der Waals surface area contributed by atoms with Gasteiger partial charge in [0.15, 0.2) is 17.6 Å². The van der Waals surface area contributed by atoms with Crippen molar-refractivity contribution < 1.29 is 37.3 Å². The summed E-state index contributed by atoms with van der Waals surface area (Å²) >= 11 is 0. The molecule has 0 bridgehead atoms. The van der Waals surface area contributed by atoms with Gasteiger partial charge in [-0.15, -0.1) is 0 Å². The summed E-state index contributed by atoms with van der Waals surface area (Å²) in [5, 5.41) is 9.82. The molecule has 0 saturated carbocycles. The molecule has 1 unspecified atom stereocenters. The van der Waals surface area contributed by atoms with Crippen LogP contribution in [0.3, 0.4) is 0 Å². The van der Waals surface area contributed by atoms with Gasteiger partial charge in [-0.2, -0.15) is 0 Å². The standard InChI is InChI=1S/C12H11F3O5/c1-19-11(17)8(12(18)20-2)10(16)7-5(13)3-4-6(14)9(7)15/h3-4,8,10,16H,1-2H3. The number of hydrogen-bond donors (Lipinski definition) is 1. The smallest absolute Gasteiger partial charge is 0.323 e. The first-order valence-corrected chi connectivity index (χ1v) is 5.32. The maximum atomic E-state index is 13.5. The van der Waals surface area contributed by atoms with E-state index in [-0.39, 0.29) is 0 Å². The van der Waals surface area contributed by atoms with Crippen LogP contribution in [0, 0.1) is 23.4 Å². The molecule has 0 amide bonds. The van der Waals surface area contributed by atoms with Crippen molar-refractivity contribution in [2.75, 3.05) is 14.2 Å². The molecule has 1 N–H and O–H groups in total. The molecule has 0 aliphatic rings. The van der Waals surface area contributed by atoms with Gasteiger partial charge in [-0.1, -0.05) is 0 Å². The minimum Gasteiger partial charge on any atom is -0.468 e. The van der Waals surface area contributed by atoms with E-state index in [1.54, 1.807) is 0 Å². The van der Waals surface area contributed by atoms with Gasteiger partial charge in [-0.05, 0) is 12.1 Å². The van der Waals surface area contributed by atoms with E-state index in [0.717, 1.165) is 14.2 Å². The van der Waals surface area contributed by atoms with E-state index < -0.39 is 47.0 Å². The molecule has 110 valence electrons. The monoisotopic (exact) mass is 292 g/mol. The van der Waals surface area contributed by atoms with Crippen molar-refractivity contribution in [1.29, 1.82) is 0 Å². The molecule has 0 aliphatic carbocycles. The number of aliphatic hydroxyl groups excluding tert-OH is 1. The van der Waals surface area contributed by atoms with E-state index in [4.69, 9.17) is 0 Å². The highest BCUT2D eigenvalue weighted by Gasteiger charge is 2.40. The number of ether oxygens (including phenoxy) is 2. The first-order chi connectivity index (χ1) is 9.34. The molecular formula is C12H11F3O5. The van der Waals surface area contributed by atoms with Gasteiger partial charge in [0.2, 0.25) is 0 Å². The molecule has 0 aliphatic heterocycles. The van der Waals surface area contributed by atoms with E-state index in [2.05, 4.69) is 9.47 Å². The van der Waals surface area contributed by atoms with Gasteiger partial charge in [0.1, 0.15) is 11.9 Å². The predicted molar refractivity (Wildman–Crippen MR) is 58.8 cm³/mol. The molecule has 0 fully saturated rings. The van der Waals surface area contributed by atoms with Crippen LogP contribution >= 0.6 is 0 Å². The topological polar surface area (TPSA) is 72.8 Å². The molecule has 8 heteroatoms. The first kappa shape index (κ1) is 16.0. The number of hydrogen-bond acceptors (Lipinski definition) is 5. The SMILES string of the molecule is COC(=O)C(C(=O)OC)C(O)c1c(F)ccc(F)c1F. The van der Waals surface area contributed by atoms with Crippen molar-refractivity contribution in [1.82, 2.24) is 0 Å². The number of halogens is 3. The molecule has 1 aromatic carbocycles. The molecule has 5 nitrogen and oxygen atoms in total. The Balaban J connectivity index is 3.32. The Hall–Kier alpha value is -2.09. The Morgan fingerprint density at radius 2 is 1.50 bits per heavy atom. The average molecular weight is 292 g/mol. The van der Waals surface area contributed by atoms with Crippen molar-refractivity contribution in [2.24, 2.45) is 5.92 Å². The molecule has 0 heterocycles. The molecule has 1 atom stereocenters. The van der Waals surface area contributed by atoms with Crippen molar-refractivity contribution in [3.8, 4) is 0 Å². The summed E-state index contributed by atoms with van der Waals surface area (Å²) in [5.41, 5.74) is -1.15. The van der Waals surface area contributed by atoms with Crippen LogP contribution in [-0.2, 0) is 19.1 Å². The summed E-state index contributed by atoms with van der Waals surface area (Å²) in [6.45, 7) is 0. The summed E-state index contributed by atoms with van der Waals surface area (Å²) in [7, 11) is 1.81. The molecule has 0 radical (unpaired) electrons. The maximum absolute atomic E-state index is 13.5. The summed E-state index contributed by atoms with van der Waals surface area (Å²) in [6, 6.07) is 1.06. The maximum Gasteiger partial charge on any atom is 0.323 e. The zero-order valence-electron chi connectivity index (χ0n) is 10.5. The van der Waals surface area contributed by atoms with Crippen LogP contribution in [0.4, 0.5) is 13.2 Å². The number of carbonyl (C=O) groups is 2. The third-order valence-corrected chi connectivity index (χ3v) is 2.60. The van der Waals surface area contributed by atoms with E-state index in [1.807, 2.05) is 0 Å². The normalized spacial score (nSPS) is 12.2. The number of aliphatic hydroxyl groups is 1. The predicted octanol–water partition coefficient (Wildman–Crippen LogP) is 1.10. The summed E-state index contributed by atoms with van der Waals surface area (Å²) in [5.74, 6) is -9.02. The van der Waals surface area contributed by atoms with Crippen molar-refractivity contribution in [3.05, 3.63) is 35.1 Å². The Labute approximate surface area is 111 Å². The summed E-state index contributed by atoms with van der Waals surface area (Å²) in [6.07, 6.45) is -2.29. The molecule has 20 heavy (non-hydrogen) atoms. The Kier molecular flexibility index (Phi) is 5.09. The van der Waals surface area contributed by atoms with Gasteiger partial charge in [0, 0.05) is 0 Å². The lowest BCUT2D eigenvalue weighted by atomic mass is 9.94. The Bertz CT molecular complexity index is 516. The van der Waals surface area contributed by atoms with Crippen LogP contribution in [-0.4, -0.2) is 31.3 Å². The van der Waals surface area contributed by atoms with Crippen molar-refractivity contribution in [3.63, 3.8) is 0 Å². The van der Waals surface area contributed by atoms with Crippen LogP contribution < -0.4 is 0 Å². The molecule has 0 spiro atoms. The van der Waals surface area contributed by atoms with Crippen LogP contribution in [0.15, 0.2) is 12.1 Å². The number of carbonyl (C=O) groups excluding carboxylic acids is 2. The quantitative estimate of drug-likeness (QED) is 0.511. The average Bonchev–Trinajstić information content (AvgIpc) is 2.43. The number of esters is 2. The van der Waals surface area contributed by atoms with Crippen LogP contribution in [0.1, 0.15) is 11.7 Å². The highest BCUT2D eigenvalue weighted by atomic mass is 19.2. The second kappa shape index (κ2) is 6.38. The van der Waals surface area contributed by atoms with E-state index in [9.17, 15) is 27.9 Å². The highest BCUT2D eigenvalue weighted by molar-refractivity contribution is 5.95. The fourth-order valence-corrected chi connectivity index (χ4v) is 1.59. The highest BCUT2D eigenvalue weighted by Crippen LogP contribution is 2.29. The lowest BCUT2D eigenvalue weighted by molar-refractivity contribution is -0.164. The lowest BCUT2D eigenvalue weighted by Gasteiger charge is -2.19. The van der Waals surface area contributed by atoms with Gasteiger partial charge in [0.05, 0.1) is 19.8 Å². The van der Waals surface area contributed by atoms with E-state index in [0.29, 0.717) is 12.1 Å². The lowest BCUT2D eigenvalue weighted by Crippen LogP contribution is -2.33. The zero-order chi connectivity index (χ0) is 15.4. The van der Waals surface area contributed by atoms with Crippen LogP contribution in [0.5, 0.6) is 0 Å². The second-order valence-corrected chi connectivity index (χ2v) is 3.73. The summed E-state index contributed by atoms with van der Waals surface area (Å²) < 4.78 is 48.6. The molecule has 1 aromatic rings. The van der Waals surface area contributed by atoms with Crippen molar-refractivity contribution >= 4 is 11.9 Å². The van der Waals surface area contributed by atoms with Gasteiger partial charge in [0.25, 0.3) is 0 Å². The van der Waals surface area contributed by atoms with Gasteiger partial charge < -0.3 is 14.6 Å². The number of benzene rings is 1. The molecular weight excluding hydrogens is 281 g/mol. The minimum absolute atomic E-state index is 0.506. The number of methoxy groups -OCH3 is 2. The summed E-state index contributed by atoms with van der Waals surface area (Å²) in [4.78, 5) is 22.8. The Morgan fingerprint density at radius 1 is 1.05 bits per heavy atom. The van der Waals surface area contributed by atoms with Crippen LogP contribution in [0.25, 0.3) is 0 Å². The van der Waals surface area contributed by atoms with Gasteiger partial charge >= 0.3 is 11.9 Å². The molecule has 0 saturated heterocycles. The van der Waals surface area contributed by atoms with E-state index in [1.165, 1.54) is 0 Å². The minimum atomic E-state index is -2.29. The number of rotatable bonds is 4. The van der Waals surface area contributed by atoms with Crippen molar-refractivity contribution in [2.45, 2.75) is 6.10 Å². The molecule has 0 aromatic heterocycles. The third-order valence-electron chi connectivity index (χ3n) is 2.60. The van der Waals surface area contributed by atoms with E-state index >= 15 is 0 Å². The molecule has 1 rings (SSSR count). The zero-order valence-corrected chi connectivity index (χ0v) is 10.5. The second-order valence-electron chi connectivity index (χ2n) is 3.73. The van der Waals surface area contributed by atoms with Gasteiger partial charge in [-0.25, -0.2) is 13.2 Å². The van der Waals surface area contributed by atoms with Gasteiger partial charge in [-0.3, -0.25) is 9.59 Å². The largest absolute Gasteiger partial charge is 0.468 e. The first-order valence-electron chi connectivity index (χ1n) is 5.32. The fourth-order valence-electron chi connectivity index (χ4n) is 1.59. The Morgan fingerprint density at radius 3 is 1.95 bits per heavy atom. The van der Waals surface area contributed by atoms with Crippen LogP contribution in [0.2, 0.25) is 0 Å². The fraction of sp³-hybridized carbons (Fsp3) is 0.333. The third kappa shape index (κ3) is 2.90.